The summed E-state index contributed by atoms with van der Waals surface area (Å²) in [5.74, 6) is -0.464. The zero-order valence-corrected chi connectivity index (χ0v) is 19.4. The Hall–Kier alpha value is -4.09. The van der Waals surface area contributed by atoms with Crippen LogP contribution in [0.2, 0.25) is 0 Å². The third-order valence-corrected chi connectivity index (χ3v) is 6.45. The van der Waals surface area contributed by atoms with Gasteiger partial charge in [-0.05, 0) is 42.1 Å². The molecule has 0 unspecified atom stereocenters. The lowest BCUT2D eigenvalue weighted by molar-refractivity contribution is -0.387. The standard InChI is InChI=1S/C23H17N5O4S2/c1-14(29)24-17-8-5-9-18(13-17)25-22-26-27-23(34-22)33-20-11-10-16(12-19(20)28(31)32)21(30)15-6-3-2-4-7-15/h2-13H,1H3,(H,24,29)(H,25,26). The number of nitrogens with one attached hydrogen (secondary N) is 2. The van der Waals surface area contributed by atoms with Crippen LogP contribution in [0, 0.1) is 10.1 Å². The molecule has 0 bridgehead atoms. The molecule has 9 nitrogen and oxygen atoms in total. The van der Waals surface area contributed by atoms with E-state index in [4.69, 9.17) is 0 Å². The number of hydrogen-bond acceptors (Lipinski definition) is 9. The van der Waals surface area contributed by atoms with Crippen LogP contribution in [-0.2, 0) is 4.79 Å². The second kappa shape index (κ2) is 10.2. The first-order chi connectivity index (χ1) is 16.4. The highest BCUT2D eigenvalue weighted by Crippen LogP contribution is 2.38. The zero-order chi connectivity index (χ0) is 24.1. The highest BCUT2D eigenvalue weighted by Gasteiger charge is 2.20. The third kappa shape index (κ3) is 5.63. The first-order valence-electron chi connectivity index (χ1n) is 9.93. The molecule has 34 heavy (non-hydrogen) atoms. The smallest absolute Gasteiger partial charge is 0.284 e. The lowest BCUT2D eigenvalue weighted by Crippen LogP contribution is -2.05. The maximum atomic E-state index is 12.7. The van der Waals surface area contributed by atoms with Crippen LogP contribution in [0.25, 0.3) is 0 Å². The van der Waals surface area contributed by atoms with Crippen LogP contribution in [0.4, 0.5) is 22.2 Å². The average Bonchev–Trinajstić information content (AvgIpc) is 3.25. The molecule has 0 radical (unpaired) electrons. The number of anilines is 3. The molecule has 1 amide bonds. The van der Waals surface area contributed by atoms with Crippen molar-refractivity contribution < 1.29 is 14.5 Å². The molecule has 1 aromatic heterocycles. The highest BCUT2D eigenvalue weighted by molar-refractivity contribution is 8.01. The SMILES string of the molecule is CC(=O)Nc1cccc(Nc2nnc(Sc3ccc(C(=O)c4ccccc4)cc3[N+](=O)[O-])s2)c1. The maximum Gasteiger partial charge on any atom is 0.284 e. The van der Waals surface area contributed by atoms with E-state index >= 15 is 0 Å². The van der Waals surface area contributed by atoms with E-state index < -0.39 is 4.92 Å². The maximum absolute atomic E-state index is 12.7. The van der Waals surface area contributed by atoms with E-state index in [-0.39, 0.29) is 22.9 Å². The second-order valence-electron chi connectivity index (χ2n) is 7.00. The van der Waals surface area contributed by atoms with Gasteiger partial charge in [0.2, 0.25) is 11.0 Å². The highest BCUT2D eigenvalue weighted by atomic mass is 32.2. The molecule has 0 aliphatic rings. The summed E-state index contributed by atoms with van der Waals surface area (Å²) in [5, 5.41) is 26.2. The van der Waals surface area contributed by atoms with E-state index in [0.717, 1.165) is 11.8 Å². The minimum Gasteiger partial charge on any atom is -0.330 e. The Balaban J connectivity index is 1.51. The van der Waals surface area contributed by atoms with E-state index in [1.165, 1.54) is 24.3 Å². The summed E-state index contributed by atoms with van der Waals surface area (Å²) < 4.78 is 0.491. The number of nitro groups is 1. The quantitative estimate of drug-likeness (QED) is 0.187. The molecule has 2 N–H and O–H groups in total. The van der Waals surface area contributed by atoms with Crippen molar-refractivity contribution in [2.75, 3.05) is 10.6 Å². The topological polar surface area (TPSA) is 127 Å². The molecule has 170 valence electrons. The number of carbonyl (C=O) groups excluding carboxylic acids is 2. The number of benzene rings is 3. The van der Waals surface area contributed by atoms with E-state index in [0.29, 0.717) is 31.3 Å². The number of nitro benzene ring substituents is 1. The molecule has 0 fully saturated rings. The van der Waals surface area contributed by atoms with E-state index in [1.807, 2.05) is 6.07 Å². The van der Waals surface area contributed by atoms with Crippen LogP contribution in [0.1, 0.15) is 22.8 Å². The summed E-state index contributed by atoms with van der Waals surface area (Å²) in [6.07, 6.45) is 0. The van der Waals surface area contributed by atoms with Crippen LogP contribution in [0.5, 0.6) is 0 Å². The number of carbonyl (C=O) groups is 2. The molecule has 4 aromatic rings. The first kappa shape index (κ1) is 23.1. The largest absolute Gasteiger partial charge is 0.330 e. The number of ketones is 1. The van der Waals surface area contributed by atoms with E-state index in [2.05, 4.69) is 20.8 Å². The summed E-state index contributed by atoms with van der Waals surface area (Å²) in [4.78, 5) is 35.4. The number of rotatable bonds is 8. The van der Waals surface area contributed by atoms with Gasteiger partial charge >= 0.3 is 0 Å². The van der Waals surface area contributed by atoms with Crippen LogP contribution in [0.15, 0.2) is 82.0 Å². The monoisotopic (exact) mass is 491 g/mol. The van der Waals surface area contributed by atoms with Crippen molar-refractivity contribution in [2.45, 2.75) is 16.2 Å². The Morgan fingerprint density at radius 2 is 1.71 bits per heavy atom. The van der Waals surface area contributed by atoms with Crippen LogP contribution in [-0.4, -0.2) is 26.8 Å². The number of aromatic nitrogens is 2. The molecule has 0 atom stereocenters. The summed E-state index contributed by atoms with van der Waals surface area (Å²) >= 11 is 2.32. The molecule has 1 heterocycles. The lowest BCUT2D eigenvalue weighted by atomic mass is 10.0. The van der Waals surface area contributed by atoms with Crippen LogP contribution >= 0.6 is 23.1 Å². The minimum absolute atomic E-state index is 0.176. The van der Waals surface area contributed by atoms with Crippen molar-refractivity contribution >= 4 is 57.0 Å². The Kier molecular flexibility index (Phi) is 6.95. The zero-order valence-electron chi connectivity index (χ0n) is 17.7. The normalized spacial score (nSPS) is 10.5. The fraction of sp³-hybridized carbons (Fsp3) is 0.0435. The van der Waals surface area contributed by atoms with Gasteiger partial charge in [-0.15, -0.1) is 10.2 Å². The van der Waals surface area contributed by atoms with Gasteiger partial charge in [0.05, 0.1) is 9.82 Å². The Morgan fingerprint density at radius 1 is 0.941 bits per heavy atom. The molecule has 11 heteroatoms. The minimum atomic E-state index is -0.516. The van der Waals surface area contributed by atoms with Crippen molar-refractivity contribution in [3.63, 3.8) is 0 Å². The van der Waals surface area contributed by atoms with E-state index in [9.17, 15) is 19.7 Å². The molecule has 0 saturated heterocycles. The van der Waals surface area contributed by atoms with Crippen LogP contribution in [0.3, 0.4) is 0 Å². The number of hydrogen-bond donors (Lipinski definition) is 2. The van der Waals surface area contributed by atoms with Crippen molar-refractivity contribution in [1.82, 2.24) is 10.2 Å². The summed E-state index contributed by atoms with van der Waals surface area (Å²) in [6.45, 7) is 1.43. The first-order valence-corrected chi connectivity index (χ1v) is 11.6. The van der Waals surface area contributed by atoms with Gasteiger partial charge in [-0.3, -0.25) is 19.7 Å². The molecule has 0 spiro atoms. The lowest BCUT2D eigenvalue weighted by Gasteiger charge is -2.06. The van der Waals surface area contributed by atoms with Crippen molar-refractivity contribution in [3.8, 4) is 0 Å². The van der Waals surface area contributed by atoms with E-state index in [1.54, 1.807) is 60.7 Å². The fourth-order valence-corrected chi connectivity index (χ4v) is 4.86. The van der Waals surface area contributed by atoms with Crippen molar-refractivity contribution in [1.29, 1.82) is 0 Å². The Morgan fingerprint density at radius 3 is 2.44 bits per heavy atom. The van der Waals surface area contributed by atoms with Gasteiger partial charge in [0, 0.05) is 35.5 Å². The molecule has 0 saturated carbocycles. The Labute approximate surface area is 202 Å². The Bertz CT molecular complexity index is 1370. The van der Waals surface area contributed by atoms with Crippen molar-refractivity contribution in [3.05, 3.63) is 94.0 Å². The molecule has 0 aliphatic heterocycles. The average molecular weight is 492 g/mol. The van der Waals surface area contributed by atoms with Gasteiger partial charge in [0.15, 0.2) is 10.1 Å². The number of amides is 1. The van der Waals surface area contributed by atoms with Crippen LogP contribution < -0.4 is 10.6 Å². The number of nitrogens with zero attached hydrogens (tertiary/aromatic N) is 3. The molecule has 3 aromatic carbocycles. The predicted molar refractivity (Wildman–Crippen MR) is 131 cm³/mol. The van der Waals surface area contributed by atoms with Gasteiger partial charge < -0.3 is 10.6 Å². The van der Waals surface area contributed by atoms with Gasteiger partial charge in [0.25, 0.3) is 5.69 Å². The molecule has 0 aliphatic carbocycles. The van der Waals surface area contributed by atoms with Gasteiger partial charge in [-0.25, -0.2) is 0 Å². The predicted octanol–water partition coefficient (Wildman–Crippen LogP) is 5.53. The fourth-order valence-electron chi connectivity index (χ4n) is 3.04. The molecular weight excluding hydrogens is 474 g/mol. The second-order valence-corrected chi connectivity index (χ2v) is 9.26. The summed E-state index contributed by atoms with van der Waals surface area (Å²) in [5.41, 5.74) is 1.85. The van der Waals surface area contributed by atoms with Gasteiger partial charge in [0.1, 0.15) is 0 Å². The van der Waals surface area contributed by atoms with Gasteiger partial charge in [-0.2, -0.15) is 0 Å². The van der Waals surface area contributed by atoms with Gasteiger partial charge in [-0.1, -0.05) is 47.7 Å². The summed E-state index contributed by atoms with van der Waals surface area (Å²) in [6, 6.07) is 20.1. The molecular formula is C23H17N5O4S2. The summed E-state index contributed by atoms with van der Waals surface area (Å²) in [7, 11) is 0. The third-order valence-electron chi connectivity index (χ3n) is 4.49. The molecule has 4 rings (SSSR count). The van der Waals surface area contributed by atoms with Crippen molar-refractivity contribution in [2.24, 2.45) is 0 Å².